The first-order valence-corrected chi connectivity index (χ1v) is 11.7. The summed E-state index contributed by atoms with van der Waals surface area (Å²) in [6.45, 7) is 0. The van der Waals surface area contributed by atoms with Crippen LogP contribution in [0.4, 0.5) is 0 Å². The van der Waals surface area contributed by atoms with E-state index >= 15 is 0 Å². The molecule has 0 aliphatic heterocycles. The van der Waals surface area contributed by atoms with Crippen LogP contribution in [0.3, 0.4) is 0 Å². The van der Waals surface area contributed by atoms with Crippen molar-refractivity contribution in [2.75, 3.05) is 0 Å². The van der Waals surface area contributed by atoms with Gasteiger partial charge in [0.15, 0.2) is 11.6 Å². The smallest absolute Gasteiger partial charge is 0.194 e. The SMILES string of the molecule is Brc1c2ccccc2c(Br)c2ccccc12.O=C1c2ccccc2C(=O)c2ccccc21. The van der Waals surface area contributed by atoms with Crippen LogP contribution in [0.2, 0.25) is 0 Å². The first-order chi connectivity index (χ1) is 15.6. The lowest BCUT2D eigenvalue weighted by Gasteiger charge is -2.16. The molecule has 4 heteroatoms. The van der Waals surface area contributed by atoms with Crippen molar-refractivity contribution in [3.8, 4) is 0 Å². The summed E-state index contributed by atoms with van der Waals surface area (Å²) in [5.74, 6) is -0.128. The van der Waals surface area contributed by atoms with E-state index in [2.05, 4.69) is 80.4 Å². The molecular formula is C28H16Br2O2. The van der Waals surface area contributed by atoms with Crippen LogP contribution < -0.4 is 0 Å². The number of halogens is 2. The summed E-state index contributed by atoms with van der Waals surface area (Å²) in [6.07, 6.45) is 0. The minimum absolute atomic E-state index is 0.0641. The largest absolute Gasteiger partial charge is 0.289 e. The van der Waals surface area contributed by atoms with Crippen LogP contribution in [-0.2, 0) is 0 Å². The fraction of sp³-hybridized carbons (Fsp3) is 0. The molecule has 0 aromatic heterocycles. The van der Waals surface area contributed by atoms with Crippen LogP contribution in [-0.4, -0.2) is 11.6 Å². The molecule has 0 saturated carbocycles. The molecule has 0 amide bonds. The third-order valence-electron chi connectivity index (χ3n) is 5.63. The van der Waals surface area contributed by atoms with Gasteiger partial charge in [0.1, 0.15) is 0 Å². The highest BCUT2D eigenvalue weighted by molar-refractivity contribution is 9.11. The highest BCUT2D eigenvalue weighted by atomic mass is 79.9. The topological polar surface area (TPSA) is 34.1 Å². The predicted octanol–water partition coefficient (Wildman–Crippen LogP) is 7.98. The highest BCUT2D eigenvalue weighted by Crippen LogP contribution is 2.38. The molecule has 1 aliphatic rings. The molecule has 154 valence electrons. The normalized spacial score (nSPS) is 12.2. The Balaban J connectivity index is 0.000000135. The van der Waals surface area contributed by atoms with E-state index in [1.165, 1.54) is 30.5 Å². The monoisotopic (exact) mass is 542 g/mol. The predicted molar refractivity (Wildman–Crippen MR) is 137 cm³/mol. The van der Waals surface area contributed by atoms with Crippen LogP contribution in [0.1, 0.15) is 31.8 Å². The molecule has 2 nitrogen and oxygen atoms in total. The van der Waals surface area contributed by atoms with Crippen LogP contribution in [0.15, 0.2) is 106 Å². The van der Waals surface area contributed by atoms with Gasteiger partial charge < -0.3 is 0 Å². The van der Waals surface area contributed by atoms with Crippen LogP contribution in [0.5, 0.6) is 0 Å². The van der Waals surface area contributed by atoms with E-state index in [4.69, 9.17) is 0 Å². The Bertz CT molecular complexity index is 1310. The first kappa shape index (κ1) is 20.8. The minimum atomic E-state index is -0.0641. The molecule has 5 aromatic rings. The van der Waals surface area contributed by atoms with Gasteiger partial charge in [-0.3, -0.25) is 9.59 Å². The summed E-state index contributed by atoms with van der Waals surface area (Å²) in [4.78, 5) is 24.2. The van der Waals surface area contributed by atoms with Gasteiger partial charge in [-0.05, 0) is 53.4 Å². The number of carbonyl (C=O) groups excluding carboxylic acids is 2. The molecule has 5 aromatic carbocycles. The molecule has 1 aliphatic carbocycles. The zero-order valence-electron chi connectivity index (χ0n) is 16.8. The molecular weight excluding hydrogens is 528 g/mol. The van der Waals surface area contributed by atoms with Crippen LogP contribution in [0.25, 0.3) is 21.5 Å². The molecule has 0 saturated heterocycles. The molecule has 0 atom stereocenters. The lowest BCUT2D eigenvalue weighted by molar-refractivity contribution is 0.0979. The zero-order valence-corrected chi connectivity index (χ0v) is 20.0. The Labute approximate surface area is 202 Å². The van der Waals surface area contributed by atoms with Crippen LogP contribution >= 0.6 is 31.9 Å². The number of hydrogen-bond donors (Lipinski definition) is 0. The molecule has 0 N–H and O–H groups in total. The Kier molecular flexibility index (Phi) is 5.50. The van der Waals surface area contributed by atoms with Crippen molar-refractivity contribution < 1.29 is 9.59 Å². The van der Waals surface area contributed by atoms with Crippen molar-refractivity contribution in [1.29, 1.82) is 0 Å². The van der Waals surface area contributed by atoms with Crippen LogP contribution in [0, 0.1) is 0 Å². The fourth-order valence-corrected chi connectivity index (χ4v) is 5.45. The van der Waals surface area contributed by atoms with Gasteiger partial charge in [0.2, 0.25) is 0 Å². The van der Waals surface area contributed by atoms with Gasteiger partial charge in [-0.2, -0.15) is 0 Å². The highest BCUT2D eigenvalue weighted by Gasteiger charge is 2.28. The van der Waals surface area contributed by atoms with E-state index in [-0.39, 0.29) is 11.6 Å². The van der Waals surface area contributed by atoms with E-state index in [1.807, 2.05) is 0 Å². The van der Waals surface area contributed by atoms with Crippen molar-refractivity contribution in [1.82, 2.24) is 0 Å². The number of rotatable bonds is 0. The molecule has 0 radical (unpaired) electrons. The number of benzene rings is 5. The number of ketones is 2. The summed E-state index contributed by atoms with van der Waals surface area (Å²) >= 11 is 7.39. The standard InChI is InChI=1S/C14H8Br2.C14H8O2/c2*15-13-9-5-1-2-6-10(9)14(16)12-8-4-3-7-11(12)13/h2*1-8H. The van der Waals surface area contributed by atoms with E-state index < -0.39 is 0 Å². The van der Waals surface area contributed by atoms with E-state index in [0.717, 1.165) is 0 Å². The van der Waals surface area contributed by atoms with Gasteiger partial charge >= 0.3 is 0 Å². The van der Waals surface area contributed by atoms with Gasteiger partial charge in [0.25, 0.3) is 0 Å². The number of hydrogen-bond acceptors (Lipinski definition) is 2. The third-order valence-corrected chi connectivity index (χ3v) is 7.34. The van der Waals surface area contributed by atoms with Gasteiger partial charge in [-0.1, -0.05) is 97.1 Å². The second-order valence-corrected chi connectivity index (χ2v) is 9.05. The molecule has 0 bridgehead atoms. The second-order valence-electron chi connectivity index (χ2n) is 7.47. The Morgan fingerprint density at radius 3 is 0.844 bits per heavy atom. The molecule has 6 rings (SSSR count). The molecule has 0 fully saturated rings. The molecule has 0 spiro atoms. The van der Waals surface area contributed by atoms with Crippen molar-refractivity contribution in [3.63, 3.8) is 0 Å². The maximum absolute atomic E-state index is 12.1. The van der Waals surface area contributed by atoms with Crippen molar-refractivity contribution >= 4 is 65.0 Å². The van der Waals surface area contributed by atoms with E-state index in [9.17, 15) is 9.59 Å². The van der Waals surface area contributed by atoms with Gasteiger partial charge in [-0.15, -0.1) is 0 Å². The summed E-state index contributed by atoms with van der Waals surface area (Å²) in [5.41, 5.74) is 2.02. The lowest BCUT2D eigenvalue weighted by atomic mass is 9.84. The second kappa shape index (κ2) is 8.45. The summed E-state index contributed by atoms with van der Waals surface area (Å²) in [7, 11) is 0. The van der Waals surface area contributed by atoms with Crippen molar-refractivity contribution in [2.24, 2.45) is 0 Å². The zero-order chi connectivity index (χ0) is 22.2. The maximum atomic E-state index is 12.1. The maximum Gasteiger partial charge on any atom is 0.194 e. The van der Waals surface area contributed by atoms with Gasteiger partial charge in [0, 0.05) is 31.2 Å². The summed E-state index contributed by atoms with van der Waals surface area (Å²) in [6, 6.07) is 30.7. The minimum Gasteiger partial charge on any atom is -0.289 e. The van der Waals surface area contributed by atoms with Crippen molar-refractivity contribution in [2.45, 2.75) is 0 Å². The Morgan fingerprint density at radius 1 is 0.375 bits per heavy atom. The summed E-state index contributed by atoms with van der Waals surface area (Å²) in [5, 5.41) is 4.97. The number of carbonyl (C=O) groups is 2. The quantitative estimate of drug-likeness (QED) is 0.182. The Morgan fingerprint density at radius 2 is 0.594 bits per heavy atom. The molecule has 0 unspecified atom stereocenters. The van der Waals surface area contributed by atoms with E-state index in [1.54, 1.807) is 48.5 Å². The van der Waals surface area contributed by atoms with E-state index in [0.29, 0.717) is 22.3 Å². The van der Waals surface area contributed by atoms with Gasteiger partial charge in [0.05, 0.1) is 0 Å². The fourth-order valence-electron chi connectivity index (χ4n) is 4.07. The summed E-state index contributed by atoms with van der Waals surface area (Å²) < 4.78 is 2.34. The van der Waals surface area contributed by atoms with Crippen molar-refractivity contribution in [3.05, 3.63) is 128 Å². The Hall–Kier alpha value is -3.08. The lowest BCUT2D eigenvalue weighted by Crippen LogP contribution is -2.20. The average Bonchev–Trinajstić information content (AvgIpc) is 2.86. The third kappa shape index (κ3) is 3.40. The number of fused-ring (bicyclic) bond motifs is 4. The molecule has 0 heterocycles. The van der Waals surface area contributed by atoms with Gasteiger partial charge in [-0.25, -0.2) is 0 Å². The average molecular weight is 544 g/mol. The first-order valence-electron chi connectivity index (χ1n) is 10.1. The molecule has 32 heavy (non-hydrogen) atoms.